The molecular weight excluding hydrogens is 447 g/mol. The predicted molar refractivity (Wildman–Crippen MR) is 125 cm³/mol. The van der Waals surface area contributed by atoms with Crippen LogP contribution in [0.5, 0.6) is 0 Å². The van der Waals surface area contributed by atoms with Gasteiger partial charge in [-0.1, -0.05) is 18.6 Å². The van der Waals surface area contributed by atoms with Crippen molar-refractivity contribution >= 4 is 33.2 Å². The molecule has 2 amide bonds. The zero-order chi connectivity index (χ0) is 24.0. The van der Waals surface area contributed by atoms with Crippen molar-refractivity contribution in [2.75, 3.05) is 37.3 Å². The fraction of sp³-hybridized carbons (Fsp3) is 0.391. The van der Waals surface area contributed by atoms with E-state index in [9.17, 15) is 22.4 Å². The summed E-state index contributed by atoms with van der Waals surface area (Å²) in [5, 5.41) is 5.31. The predicted octanol–water partition coefficient (Wildman–Crippen LogP) is 2.90. The van der Waals surface area contributed by atoms with Crippen molar-refractivity contribution in [2.45, 2.75) is 37.1 Å². The lowest BCUT2D eigenvalue weighted by atomic mass is 10.2. The Hall–Kier alpha value is -2.82. The molecule has 1 heterocycles. The Morgan fingerprint density at radius 2 is 1.67 bits per heavy atom. The van der Waals surface area contributed by atoms with Gasteiger partial charge < -0.3 is 10.6 Å². The minimum Gasteiger partial charge on any atom is -0.325 e. The van der Waals surface area contributed by atoms with Gasteiger partial charge in [0.05, 0.1) is 17.5 Å². The number of benzene rings is 2. The lowest BCUT2D eigenvalue weighted by Crippen LogP contribution is -2.43. The number of carbonyl (C=O) groups excluding carboxylic acids is 2. The Kier molecular flexibility index (Phi) is 8.17. The fourth-order valence-corrected chi connectivity index (χ4v) is 5.13. The Bertz CT molecular complexity index is 1100. The standard InChI is InChI=1S/C23H29FN4O4S/c1-17(27(2)16-22(29)25-19-9-6-8-18(24)14-19)23(30)26-20-10-7-11-21(15-20)33(31,32)28-12-4-3-5-13-28/h6-11,14-15,17H,3-5,12-13,16H2,1-2H3,(H,25,29)(H,26,30). The van der Waals surface area contributed by atoms with Crippen LogP contribution in [-0.2, 0) is 19.6 Å². The third kappa shape index (κ3) is 6.59. The van der Waals surface area contributed by atoms with E-state index < -0.39 is 27.8 Å². The second-order valence-corrected chi connectivity index (χ2v) is 10.1. The molecule has 0 radical (unpaired) electrons. The Balaban J connectivity index is 1.59. The van der Waals surface area contributed by atoms with Crippen molar-refractivity contribution in [1.29, 1.82) is 0 Å². The van der Waals surface area contributed by atoms with Crippen LogP contribution in [0.3, 0.4) is 0 Å². The molecule has 0 bridgehead atoms. The topological polar surface area (TPSA) is 98.8 Å². The van der Waals surface area contributed by atoms with Gasteiger partial charge in [0.15, 0.2) is 0 Å². The van der Waals surface area contributed by atoms with E-state index in [0.29, 0.717) is 24.5 Å². The zero-order valence-corrected chi connectivity index (χ0v) is 19.6. The fourth-order valence-electron chi connectivity index (χ4n) is 3.57. The summed E-state index contributed by atoms with van der Waals surface area (Å²) in [7, 11) is -2.00. The highest BCUT2D eigenvalue weighted by Crippen LogP contribution is 2.23. The molecule has 0 aliphatic carbocycles. The Labute approximate surface area is 193 Å². The number of carbonyl (C=O) groups is 2. The molecule has 0 saturated carbocycles. The van der Waals surface area contributed by atoms with E-state index in [0.717, 1.165) is 19.3 Å². The first-order valence-electron chi connectivity index (χ1n) is 10.8. The molecule has 1 fully saturated rings. The van der Waals surface area contributed by atoms with Crippen molar-refractivity contribution in [3.8, 4) is 0 Å². The number of nitrogens with zero attached hydrogens (tertiary/aromatic N) is 2. The van der Waals surface area contributed by atoms with Crippen LogP contribution >= 0.6 is 0 Å². The zero-order valence-electron chi connectivity index (χ0n) is 18.8. The van der Waals surface area contributed by atoms with Crippen LogP contribution in [0.1, 0.15) is 26.2 Å². The van der Waals surface area contributed by atoms with Crippen LogP contribution in [0.4, 0.5) is 15.8 Å². The molecule has 1 atom stereocenters. The highest BCUT2D eigenvalue weighted by molar-refractivity contribution is 7.89. The molecule has 2 aromatic rings. The summed E-state index contributed by atoms with van der Waals surface area (Å²) in [5.41, 5.74) is 0.694. The second kappa shape index (κ2) is 10.9. The third-order valence-corrected chi connectivity index (χ3v) is 7.49. The van der Waals surface area contributed by atoms with Crippen molar-refractivity contribution in [2.24, 2.45) is 0 Å². The first-order chi connectivity index (χ1) is 15.7. The van der Waals surface area contributed by atoms with E-state index in [2.05, 4.69) is 10.6 Å². The van der Waals surface area contributed by atoms with E-state index in [1.54, 1.807) is 32.2 Å². The maximum absolute atomic E-state index is 13.3. The quantitative estimate of drug-likeness (QED) is 0.611. The molecule has 2 aromatic carbocycles. The lowest BCUT2D eigenvalue weighted by Gasteiger charge is -2.26. The molecule has 33 heavy (non-hydrogen) atoms. The maximum Gasteiger partial charge on any atom is 0.243 e. The molecule has 3 rings (SSSR count). The first-order valence-corrected chi connectivity index (χ1v) is 12.3. The molecule has 1 aliphatic rings. The molecule has 0 spiro atoms. The Morgan fingerprint density at radius 1 is 1.03 bits per heavy atom. The summed E-state index contributed by atoms with van der Waals surface area (Å²) >= 11 is 0. The lowest BCUT2D eigenvalue weighted by molar-refractivity contribution is -0.122. The number of nitrogens with one attached hydrogen (secondary N) is 2. The smallest absolute Gasteiger partial charge is 0.243 e. The van der Waals surface area contributed by atoms with Gasteiger partial charge in [0, 0.05) is 24.5 Å². The molecule has 1 aliphatic heterocycles. The van der Waals surface area contributed by atoms with Crippen LogP contribution < -0.4 is 10.6 Å². The number of halogens is 1. The van der Waals surface area contributed by atoms with Crippen LogP contribution in [0, 0.1) is 5.82 Å². The van der Waals surface area contributed by atoms with Crippen molar-refractivity contribution in [3.63, 3.8) is 0 Å². The van der Waals surface area contributed by atoms with Gasteiger partial charge in [-0.25, -0.2) is 12.8 Å². The summed E-state index contributed by atoms with van der Waals surface area (Å²) in [6.07, 6.45) is 2.70. The van der Waals surface area contributed by atoms with Gasteiger partial charge in [-0.15, -0.1) is 0 Å². The van der Waals surface area contributed by atoms with Gasteiger partial charge in [-0.2, -0.15) is 4.31 Å². The summed E-state index contributed by atoms with van der Waals surface area (Å²) in [6.45, 7) is 2.55. The summed E-state index contributed by atoms with van der Waals surface area (Å²) < 4.78 is 40.5. The minimum absolute atomic E-state index is 0.0888. The van der Waals surface area contributed by atoms with Crippen molar-refractivity contribution < 1.29 is 22.4 Å². The molecule has 10 heteroatoms. The van der Waals surface area contributed by atoms with Crippen LogP contribution in [-0.4, -0.2) is 62.2 Å². The van der Waals surface area contributed by atoms with Crippen LogP contribution in [0.25, 0.3) is 0 Å². The van der Waals surface area contributed by atoms with Crippen molar-refractivity contribution in [1.82, 2.24) is 9.21 Å². The number of anilines is 2. The number of hydrogen-bond donors (Lipinski definition) is 2. The van der Waals surface area contributed by atoms with Crippen LogP contribution in [0.15, 0.2) is 53.4 Å². The van der Waals surface area contributed by atoms with E-state index in [1.807, 2.05) is 0 Å². The van der Waals surface area contributed by atoms with Gasteiger partial charge >= 0.3 is 0 Å². The number of hydrogen-bond acceptors (Lipinski definition) is 5. The first kappa shape index (κ1) is 24.8. The molecular formula is C23H29FN4O4S. The molecule has 1 unspecified atom stereocenters. The highest BCUT2D eigenvalue weighted by atomic mass is 32.2. The highest BCUT2D eigenvalue weighted by Gasteiger charge is 2.26. The molecule has 2 N–H and O–H groups in total. The summed E-state index contributed by atoms with van der Waals surface area (Å²) in [6, 6.07) is 11.1. The largest absolute Gasteiger partial charge is 0.325 e. The van der Waals surface area contributed by atoms with E-state index in [-0.39, 0.29) is 17.3 Å². The summed E-state index contributed by atoms with van der Waals surface area (Å²) in [5.74, 6) is -1.24. The third-order valence-electron chi connectivity index (χ3n) is 5.60. The molecule has 178 valence electrons. The van der Waals surface area contributed by atoms with Gasteiger partial charge in [0.2, 0.25) is 21.8 Å². The minimum atomic E-state index is -3.61. The van der Waals surface area contributed by atoms with E-state index in [4.69, 9.17) is 0 Å². The average molecular weight is 477 g/mol. The molecule has 0 aromatic heterocycles. The van der Waals surface area contributed by atoms with Gasteiger partial charge in [0.1, 0.15) is 5.82 Å². The molecule has 8 nitrogen and oxygen atoms in total. The number of sulfonamides is 1. The van der Waals surface area contributed by atoms with Gasteiger partial charge in [-0.3, -0.25) is 14.5 Å². The van der Waals surface area contributed by atoms with E-state index in [1.165, 1.54) is 39.5 Å². The Morgan fingerprint density at radius 3 is 2.33 bits per heavy atom. The SMILES string of the molecule is CC(C(=O)Nc1cccc(S(=O)(=O)N2CCCCC2)c1)N(C)CC(=O)Nc1cccc(F)c1. The summed E-state index contributed by atoms with van der Waals surface area (Å²) in [4.78, 5) is 26.6. The number of piperidine rings is 1. The van der Waals surface area contributed by atoms with Gasteiger partial charge in [-0.05, 0) is 63.2 Å². The normalized spacial score (nSPS) is 15.8. The molecule has 1 saturated heterocycles. The van der Waals surface area contributed by atoms with Crippen LogP contribution in [0.2, 0.25) is 0 Å². The number of likely N-dealkylation sites (N-methyl/N-ethyl adjacent to an activating group) is 1. The van der Waals surface area contributed by atoms with E-state index >= 15 is 0 Å². The number of rotatable bonds is 8. The monoisotopic (exact) mass is 476 g/mol. The van der Waals surface area contributed by atoms with Gasteiger partial charge in [0.25, 0.3) is 0 Å². The number of amides is 2. The van der Waals surface area contributed by atoms with Crippen molar-refractivity contribution in [3.05, 3.63) is 54.3 Å². The maximum atomic E-state index is 13.3. The second-order valence-electron chi connectivity index (χ2n) is 8.13. The average Bonchev–Trinajstić information content (AvgIpc) is 2.79.